The number of rotatable bonds is 9. The Hall–Kier alpha value is -4.90. The first-order chi connectivity index (χ1) is 20.3. The zero-order valence-corrected chi connectivity index (χ0v) is 23.4. The predicted octanol–water partition coefficient (Wildman–Crippen LogP) is 4.50. The van der Waals surface area contributed by atoms with E-state index in [-0.39, 0.29) is 34.4 Å². The quantitative estimate of drug-likeness (QED) is 0.298. The summed E-state index contributed by atoms with van der Waals surface area (Å²) in [4.78, 5) is 29.0. The molecule has 0 unspecified atom stereocenters. The van der Waals surface area contributed by atoms with Crippen molar-refractivity contribution in [1.29, 1.82) is 0 Å². The lowest BCUT2D eigenvalue weighted by molar-refractivity contribution is -0.130. The maximum absolute atomic E-state index is 13.2. The lowest BCUT2D eigenvalue weighted by Crippen LogP contribution is -2.51. The van der Waals surface area contributed by atoms with Gasteiger partial charge in [-0.2, -0.15) is 0 Å². The van der Waals surface area contributed by atoms with Gasteiger partial charge in [0.1, 0.15) is 11.6 Å². The number of hydrogen-bond acceptors (Lipinski definition) is 6. The molecule has 4 aromatic rings. The van der Waals surface area contributed by atoms with Crippen LogP contribution in [0.2, 0.25) is 0 Å². The molecule has 5 rings (SSSR count). The number of sulfonamides is 1. The van der Waals surface area contributed by atoms with Gasteiger partial charge in [0, 0.05) is 37.4 Å². The van der Waals surface area contributed by atoms with Crippen LogP contribution in [-0.2, 0) is 14.8 Å². The van der Waals surface area contributed by atoms with Gasteiger partial charge in [0.05, 0.1) is 17.1 Å². The minimum atomic E-state index is -3.98. The van der Waals surface area contributed by atoms with E-state index in [9.17, 15) is 22.4 Å². The molecule has 1 fully saturated rings. The number of anilines is 2. The Morgan fingerprint density at radius 3 is 2.12 bits per heavy atom. The van der Waals surface area contributed by atoms with Crippen LogP contribution in [0, 0.1) is 5.82 Å². The Labute approximate surface area is 243 Å². The van der Waals surface area contributed by atoms with Gasteiger partial charge in [0.2, 0.25) is 5.91 Å². The molecule has 1 aliphatic rings. The van der Waals surface area contributed by atoms with E-state index in [0.29, 0.717) is 37.7 Å². The molecular weight excluding hydrogens is 559 g/mol. The largest absolute Gasteiger partial charge is 0.455 e. The molecule has 11 heteroatoms. The summed E-state index contributed by atoms with van der Waals surface area (Å²) in [5, 5.41) is 2.61. The summed E-state index contributed by atoms with van der Waals surface area (Å²) in [6, 6.07) is 27.3. The molecule has 1 saturated heterocycles. The molecule has 9 nitrogen and oxygen atoms in total. The van der Waals surface area contributed by atoms with Crippen LogP contribution in [0.5, 0.6) is 11.5 Å². The van der Waals surface area contributed by atoms with Crippen molar-refractivity contribution in [3.05, 3.63) is 115 Å². The van der Waals surface area contributed by atoms with E-state index >= 15 is 0 Å². The van der Waals surface area contributed by atoms with Crippen molar-refractivity contribution in [1.82, 2.24) is 10.2 Å². The van der Waals surface area contributed by atoms with E-state index in [0.717, 1.165) is 5.69 Å². The van der Waals surface area contributed by atoms with Crippen molar-refractivity contribution in [3.63, 3.8) is 0 Å². The van der Waals surface area contributed by atoms with E-state index in [2.05, 4.69) is 14.9 Å². The molecule has 0 aromatic heterocycles. The van der Waals surface area contributed by atoms with Crippen molar-refractivity contribution in [3.8, 4) is 11.5 Å². The van der Waals surface area contributed by atoms with Crippen LogP contribution in [0.25, 0.3) is 0 Å². The molecule has 4 aromatic carbocycles. The fourth-order valence-electron chi connectivity index (χ4n) is 4.48. The highest BCUT2D eigenvalue weighted by Crippen LogP contribution is 2.31. The van der Waals surface area contributed by atoms with Crippen LogP contribution in [0.15, 0.2) is 108 Å². The topological polar surface area (TPSA) is 108 Å². The second kappa shape index (κ2) is 12.7. The number of hydrogen-bond donors (Lipinski definition) is 2. The molecule has 0 atom stereocenters. The van der Waals surface area contributed by atoms with Gasteiger partial charge in [0.15, 0.2) is 5.75 Å². The number of ether oxygens (including phenoxy) is 1. The lowest BCUT2D eigenvalue weighted by atomic mass is 10.2. The van der Waals surface area contributed by atoms with Crippen LogP contribution in [-0.4, -0.2) is 57.9 Å². The Morgan fingerprint density at radius 2 is 1.43 bits per heavy atom. The third kappa shape index (κ3) is 7.05. The molecule has 0 bridgehead atoms. The van der Waals surface area contributed by atoms with Crippen molar-refractivity contribution < 1.29 is 27.1 Å². The maximum atomic E-state index is 13.2. The third-order valence-corrected chi connectivity index (χ3v) is 8.13. The van der Waals surface area contributed by atoms with E-state index in [1.54, 1.807) is 53.4 Å². The highest BCUT2D eigenvalue weighted by Gasteiger charge is 2.22. The summed E-state index contributed by atoms with van der Waals surface area (Å²) in [6.45, 7) is 1.96. The van der Waals surface area contributed by atoms with Crippen molar-refractivity contribution in [2.45, 2.75) is 4.90 Å². The van der Waals surface area contributed by atoms with Gasteiger partial charge in [-0.25, -0.2) is 12.8 Å². The summed E-state index contributed by atoms with van der Waals surface area (Å²) in [7, 11) is -3.98. The Morgan fingerprint density at radius 1 is 0.786 bits per heavy atom. The van der Waals surface area contributed by atoms with Gasteiger partial charge < -0.3 is 19.9 Å². The van der Waals surface area contributed by atoms with Gasteiger partial charge in [-0.15, -0.1) is 0 Å². The summed E-state index contributed by atoms with van der Waals surface area (Å²) in [5.41, 5.74) is 1.37. The first-order valence-electron chi connectivity index (χ1n) is 13.3. The summed E-state index contributed by atoms with van der Waals surface area (Å²) >= 11 is 0. The number of carbonyl (C=O) groups is 2. The van der Waals surface area contributed by atoms with Gasteiger partial charge in [-0.3, -0.25) is 14.3 Å². The molecule has 0 radical (unpaired) electrons. The third-order valence-electron chi connectivity index (χ3n) is 6.75. The van der Waals surface area contributed by atoms with Crippen LogP contribution in [0.3, 0.4) is 0 Å². The standard InChI is InChI=1S/C31H29FN4O5S/c32-24-12-14-25(15-13-24)35-18-20-36(21-19-35)30(37)22-33-31(38)23-10-16-27(17-11-23)42(39,40)34-28-8-4-5-9-29(28)41-26-6-2-1-3-7-26/h1-17,34H,18-22H2,(H,33,38). The van der Waals surface area contributed by atoms with Crippen LogP contribution >= 0.6 is 0 Å². The van der Waals surface area contributed by atoms with Gasteiger partial charge >= 0.3 is 0 Å². The van der Waals surface area contributed by atoms with E-state index in [1.165, 1.54) is 36.4 Å². The predicted molar refractivity (Wildman–Crippen MR) is 158 cm³/mol. The number of nitrogens with one attached hydrogen (secondary N) is 2. The van der Waals surface area contributed by atoms with Crippen molar-refractivity contribution in [2.24, 2.45) is 0 Å². The highest BCUT2D eigenvalue weighted by molar-refractivity contribution is 7.92. The summed E-state index contributed by atoms with van der Waals surface area (Å²) in [6.07, 6.45) is 0. The number of amides is 2. The summed E-state index contributed by atoms with van der Waals surface area (Å²) in [5.74, 6) is -0.115. The van der Waals surface area contributed by atoms with Crippen LogP contribution in [0.1, 0.15) is 10.4 Å². The summed E-state index contributed by atoms with van der Waals surface area (Å²) < 4.78 is 47.7. The molecule has 1 heterocycles. The minimum Gasteiger partial charge on any atom is -0.455 e. The number of piperazine rings is 1. The number of nitrogens with zero attached hydrogens (tertiary/aromatic N) is 2. The first kappa shape index (κ1) is 28.6. The molecular formula is C31H29FN4O5S. The van der Waals surface area contributed by atoms with E-state index < -0.39 is 15.9 Å². The second-order valence-corrected chi connectivity index (χ2v) is 11.3. The number of carbonyl (C=O) groups excluding carboxylic acids is 2. The molecule has 42 heavy (non-hydrogen) atoms. The van der Waals surface area contributed by atoms with Crippen LogP contribution < -0.4 is 19.7 Å². The monoisotopic (exact) mass is 588 g/mol. The highest BCUT2D eigenvalue weighted by atomic mass is 32.2. The number of para-hydroxylation sites is 3. The molecule has 0 aliphatic carbocycles. The second-order valence-electron chi connectivity index (χ2n) is 9.57. The zero-order valence-electron chi connectivity index (χ0n) is 22.6. The molecule has 2 N–H and O–H groups in total. The molecule has 0 saturated carbocycles. The number of halogens is 1. The van der Waals surface area contributed by atoms with E-state index in [1.807, 2.05) is 18.2 Å². The minimum absolute atomic E-state index is 0.0383. The molecule has 2 amide bonds. The molecule has 1 aliphatic heterocycles. The van der Waals surface area contributed by atoms with Crippen molar-refractivity contribution in [2.75, 3.05) is 42.3 Å². The van der Waals surface area contributed by atoms with Gasteiger partial charge in [0.25, 0.3) is 15.9 Å². The fourth-order valence-corrected chi connectivity index (χ4v) is 5.55. The SMILES string of the molecule is O=C(NCC(=O)N1CCN(c2ccc(F)cc2)CC1)c1ccc(S(=O)(=O)Nc2ccccc2Oc2ccccc2)cc1. The average molecular weight is 589 g/mol. The zero-order chi connectivity index (χ0) is 29.5. The maximum Gasteiger partial charge on any atom is 0.262 e. The normalized spacial score (nSPS) is 13.4. The lowest BCUT2D eigenvalue weighted by Gasteiger charge is -2.36. The molecule has 0 spiro atoms. The van der Waals surface area contributed by atoms with Gasteiger partial charge in [-0.1, -0.05) is 30.3 Å². The Balaban J connectivity index is 1.14. The molecule has 216 valence electrons. The van der Waals surface area contributed by atoms with E-state index in [4.69, 9.17) is 4.74 Å². The van der Waals surface area contributed by atoms with Crippen molar-refractivity contribution >= 4 is 33.2 Å². The smallest absolute Gasteiger partial charge is 0.262 e. The first-order valence-corrected chi connectivity index (χ1v) is 14.8. The Bertz CT molecular complexity index is 1640. The fraction of sp³-hybridized carbons (Fsp3) is 0.161. The average Bonchev–Trinajstić information content (AvgIpc) is 3.01. The number of benzene rings is 4. The van der Waals surface area contributed by atoms with Gasteiger partial charge in [-0.05, 0) is 72.8 Å². The Kier molecular flexibility index (Phi) is 8.68. The van der Waals surface area contributed by atoms with Crippen LogP contribution in [0.4, 0.5) is 15.8 Å².